The number of pyridine rings is 1. The Morgan fingerprint density at radius 3 is 2.92 bits per heavy atom. The van der Waals surface area contributed by atoms with Gasteiger partial charge in [0.2, 0.25) is 0 Å². The van der Waals surface area contributed by atoms with Crippen molar-refractivity contribution in [3.8, 4) is 11.4 Å². The smallest absolute Gasteiger partial charge is 0.303 e. The Labute approximate surface area is 152 Å². The van der Waals surface area contributed by atoms with E-state index in [1.807, 2.05) is 0 Å². The minimum Gasteiger partial charge on any atom is -0.459 e. The Bertz CT molecular complexity index is 1160. The quantitative estimate of drug-likeness (QED) is 0.513. The highest BCUT2D eigenvalue weighted by molar-refractivity contribution is 6.31. The van der Waals surface area contributed by atoms with Crippen LogP contribution in [-0.2, 0) is 16.1 Å². The highest BCUT2D eigenvalue weighted by atomic mass is 35.5. The van der Waals surface area contributed by atoms with Gasteiger partial charge in [0.05, 0.1) is 11.2 Å². The molecule has 0 saturated heterocycles. The Hall–Kier alpha value is -3.06. The summed E-state index contributed by atoms with van der Waals surface area (Å²) in [6, 6.07) is 6.62. The van der Waals surface area contributed by atoms with E-state index < -0.39 is 11.8 Å². The minimum atomic E-state index is -0.517. The molecule has 3 heterocycles. The number of halogens is 2. The molecule has 0 radical (unpaired) electrons. The van der Waals surface area contributed by atoms with Gasteiger partial charge in [-0.1, -0.05) is 11.6 Å². The van der Waals surface area contributed by atoms with Crippen LogP contribution in [0.3, 0.4) is 0 Å². The third-order valence-corrected chi connectivity index (χ3v) is 4.01. The lowest BCUT2D eigenvalue weighted by atomic mass is 10.2. The lowest BCUT2D eigenvalue weighted by Crippen LogP contribution is -1.98. The fourth-order valence-corrected chi connectivity index (χ4v) is 2.80. The van der Waals surface area contributed by atoms with Crippen LogP contribution in [0.2, 0.25) is 5.02 Å². The Balaban J connectivity index is 1.76. The van der Waals surface area contributed by atoms with Crippen molar-refractivity contribution < 1.29 is 13.9 Å². The number of rotatable bonds is 3. The summed E-state index contributed by atoms with van der Waals surface area (Å²) in [6.45, 7) is 1.29. The standard InChI is InChI=1S/C18H12ClFN4O2/c1-10(25)26-9-14-8-24-7-12(5-15(20)18(24)22-14)17-21-6-11-4-13(19)2-3-16(11)23-17/h2-8H,9H2,1H3. The van der Waals surface area contributed by atoms with Crippen molar-refractivity contribution in [2.75, 3.05) is 0 Å². The molecule has 4 aromatic rings. The maximum Gasteiger partial charge on any atom is 0.303 e. The second-order valence-electron chi connectivity index (χ2n) is 5.72. The first-order valence-corrected chi connectivity index (χ1v) is 8.10. The molecule has 0 spiro atoms. The van der Waals surface area contributed by atoms with Crippen LogP contribution in [0.15, 0.2) is 42.9 Å². The Kier molecular flexibility index (Phi) is 4.00. The molecule has 0 N–H and O–H groups in total. The molecule has 0 aliphatic heterocycles. The number of imidazole rings is 1. The van der Waals surface area contributed by atoms with Gasteiger partial charge in [-0.15, -0.1) is 0 Å². The van der Waals surface area contributed by atoms with E-state index in [0.29, 0.717) is 27.6 Å². The minimum absolute atomic E-state index is 0.0149. The van der Waals surface area contributed by atoms with Crippen molar-refractivity contribution in [2.45, 2.75) is 13.5 Å². The maximum absolute atomic E-state index is 14.4. The van der Waals surface area contributed by atoms with Gasteiger partial charge in [-0.2, -0.15) is 0 Å². The maximum atomic E-state index is 14.4. The van der Waals surface area contributed by atoms with Gasteiger partial charge in [0.15, 0.2) is 17.3 Å². The summed E-state index contributed by atoms with van der Waals surface area (Å²) >= 11 is 5.96. The lowest BCUT2D eigenvalue weighted by molar-refractivity contribution is -0.142. The number of ether oxygens (including phenoxy) is 1. The molecule has 26 heavy (non-hydrogen) atoms. The number of fused-ring (bicyclic) bond motifs is 2. The number of carbonyl (C=O) groups is 1. The molecule has 3 aromatic heterocycles. The third kappa shape index (κ3) is 3.09. The second-order valence-corrected chi connectivity index (χ2v) is 6.15. The van der Waals surface area contributed by atoms with Gasteiger partial charge in [-0.3, -0.25) is 4.79 Å². The fourth-order valence-electron chi connectivity index (χ4n) is 2.62. The van der Waals surface area contributed by atoms with E-state index in [9.17, 15) is 9.18 Å². The average Bonchev–Trinajstić information content (AvgIpc) is 3.03. The van der Waals surface area contributed by atoms with Crippen molar-refractivity contribution in [3.63, 3.8) is 0 Å². The summed E-state index contributed by atoms with van der Waals surface area (Å²) in [5.74, 6) is -0.555. The number of hydrogen-bond acceptors (Lipinski definition) is 5. The van der Waals surface area contributed by atoms with Crippen LogP contribution in [0.4, 0.5) is 4.39 Å². The van der Waals surface area contributed by atoms with Gasteiger partial charge >= 0.3 is 5.97 Å². The van der Waals surface area contributed by atoms with Crippen LogP contribution >= 0.6 is 11.6 Å². The molecular weight excluding hydrogens is 359 g/mol. The zero-order valence-corrected chi connectivity index (χ0v) is 14.4. The lowest BCUT2D eigenvalue weighted by Gasteiger charge is -2.04. The van der Waals surface area contributed by atoms with Crippen LogP contribution in [0.25, 0.3) is 27.9 Å². The molecule has 0 unspecified atom stereocenters. The molecule has 0 fully saturated rings. The number of nitrogens with zero attached hydrogens (tertiary/aromatic N) is 4. The van der Waals surface area contributed by atoms with E-state index in [4.69, 9.17) is 16.3 Å². The van der Waals surface area contributed by atoms with Crippen molar-refractivity contribution in [2.24, 2.45) is 0 Å². The molecule has 0 bridgehead atoms. The van der Waals surface area contributed by atoms with Crippen molar-refractivity contribution in [1.29, 1.82) is 0 Å². The molecule has 0 aliphatic rings. The van der Waals surface area contributed by atoms with Crippen LogP contribution in [0.1, 0.15) is 12.6 Å². The first kappa shape index (κ1) is 16.4. The van der Waals surface area contributed by atoms with Gasteiger partial charge in [-0.05, 0) is 24.3 Å². The monoisotopic (exact) mass is 370 g/mol. The highest BCUT2D eigenvalue weighted by Gasteiger charge is 2.12. The fraction of sp³-hybridized carbons (Fsp3) is 0.111. The molecule has 1 aromatic carbocycles. The number of carbonyl (C=O) groups excluding carboxylic acids is 1. The number of hydrogen-bond donors (Lipinski definition) is 0. The normalized spacial score (nSPS) is 11.2. The summed E-state index contributed by atoms with van der Waals surface area (Å²) in [6.07, 6.45) is 4.93. The predicted molar refractivity (Wildman–Crippen MR) is 94.2 cm³/mol. The SMILES string of the molecule is CC(=O)OCc1cn2cc(-c3ncc4cc(Cl)ccc4n3)cc(F)c2n1. The zero-order chi connectivity index (χ0) is 18.3. The zero-order valence-electron chi connectivity index (χ0n) is 13.6. The third-order valence-electron chi connectivity index (χ3n) is 3.78. The summed E-state index contributed by atoms with van der Waals surface area (Å²) in [5, 5.41) is 1.40. The topological polar surface area (TPSA) is 69.4 Å². The predicted octanol–water partition coefficient (Wildman–Crippen LogP) is 3.80. The van der Waals surface area contributed by atoms with Crippen molar-refractivity contribution in [1.82, 2.24) is 19.4 Å². The van der Waals surface area contributed by atoms with Gasteiger partial charge < -0.3 is 9.14 Å². The van der Waals surface area contributed by atoms with E-state index in [1.165, 1.54) is 17.4 Å². The molecular formula is C18H12ClFN4O2. The van der Waals surface area contributed by atoms with E-state index in [-0.39, 0.29) is 12.3 Å². The first-order valence-electron chi connectivity index (χ1n) is 7.73. The van der Waals surface area contributed by atoms with Crippen LogP contribution in [0, 0.1) is 5.82 Å². The van der Waals surface area contributed by atoms with E-state index >= 15 is 0 Å². The van der Waals surface area contributed by atoms with Crippen LogP contribution < -0.4 is 0 Å². The van der Waals surface area contributed by atoms with Crippen molar-refractivity contribution >= 4 is 34.1 Å². The molecule has 0 saturated carbocycles. The number of esters is 1. The molecule has 6 nitrogen and oxygen atoms in total. The Morgan fingerprint density at radius 1 is 1.27 bits per heavy atom. The first-order chi connectivity index (χ1) is 12.5. The molecule has 4 rings (SSSR count). The second kappa shape index (κ2) is 6.34. The molecule has 0 amide bonds. The molecule has 130 valence electrons. The summed E-state index contributed by atoms with van der Waals surface area (Å²) in [7, 11) is 0. The van der Waals surface area contributed by atoms with E-state index in [2.05, 4.69) is 15.0 Å². The highest BCUT2D eigenvalue weighted by Crippen LogP contribution is 2.23. The van der Waals surface area contributed by atoms with Crippen molar-refractivity contribution in [3.05, 3.63) is 59.4 Å². The van der Waals surface area contributed by atoms with Gasteiger partial charge in [0, 0.05) is 41.5 Å². The number of benzene rings is 1. The summed E-state index contributed by atoms with van der Waals surface area (Å²) in [4.78, 5) is 23.8. The largest absolute Gasteiger partial charge is 0.459 e. The van der Waals surface area contributed by atoms with Gasteiger partial charge in [0.1, 0.15) is 6.61 Å². The summed E-state index contributed by atoms with van der Waals surface area (Å²) in [5.41, 5.74) is 1.80. The molecule has 8 heteroatoms. The van der Waals surface area contributed by atoms with E-state index in [0.717, 1.165) is 5.39 Å². The van der Waals surface area contributed by atoms with E-state index in [1.54, 1.807) is 36.8 Å². The number of aromatic nitrogens is 4. The van der Waals surface area contributed by atoms with Gasteiger partial charge in [-0.25, -0.2) is 19.3 Å². The molecule has 0 aliphatic carbocycles. The summed E-state index contributed by atoms with van der Waals surface area (Å²) < 4.78 is 20.9. The van der Waals surface area contributed by atoms with Gasteiger partial charge in [0.25, 0.3) is 0 Å². The van der Waals surface area contributed by atoms with Crippen LogP contribution in [-0.4, -0.2) is 25.3 Å². The van der Waals surface area contributed by atoms with Crippen LogP contribution in [0.5, 0.6) is 0 Å². The Morgan fingerprint density at radius 2 is 2.12 bits per heavy atom. The average molecular weight is 371 g/mol. The molecule has 0 atom stereocenters.